The fourth-order valence-electron chi connectivity index (χ4n) is 3.37. The smallest absolute Gasteiger partial charge is 0.410 e. The maximum atomic E-state index is 12.5. The Balaban J connectivity index is 1.37. The quantitative estimate of drug-likeness (QED) is 0.628. The Morgan fingerprint density at radius 2 is 2.26 bits per heavy atom. The zero-order valence-corrected chi connectivity index (χ0v) is 17.5. The Kier molecular flexibility index (Phi) is 6.29. The number of nitrogens with one attached hydrogen (secondary N) is 1. The van der Waals surface area contributed by atoms with Crippen LogP contribution in [0.1, 0.15) is 33.7 Å². The summed E-state index contributed by atoms with van der Waals surface area (Å²) in [6, 6.07) is 9.43. The summed E-state index contributed by atoms with van der Waals surface area (Å²) in [4.78, 5) is 31.3. The van der Waals surface area contributed by atoms with Crippen molar-refractivity contribution in [3.8, 4) is 6.07 Å². The van der Waals surface area contributed by atoms with Gasteiger partial charge in [0.2, 0.25) is 5.91 Å². The highest BCUT2D eigenvalue weighted by Gasteiger charge is 2.28. The number of aryl methyl sites for hydroxylation is 1. The number of rotatable bonds is 6. The summed E-state index contributed by atoms with van der Waals surface area (Å²) in [5.41, 5.74) is 2.19. The van der Waals surface area contributed by atoms with Crippen LogP contribution in [0, 0.1) is 11.3 Å². The lowest BCUT2D eigenvalue weighted by Gasteiger charge is -2.26. The summed E-state index contributed by atoms with van der Waals surface area (Å²) in [6.07, 6.45) is 5.76. The van der Waals surface area contributed by atoms with Crippen molar-refractivity contribution in [1.29, 1.82) is 5.26 Å². The van der Waals surface area contributed by atoms with E-state index in [1.165, 1.54) is 11.3 Å². The van der Waals surface area contributed by atoms with Gasteiger partial charge in [0.1, 0.15) is 23.4 Å². The lowest BCUT2D eigenvalue weighted by Crippen LogP contribution is -2.35. The van der Waals surface area contributed by atoms with Crippen molar-refractivity contribution >= 4 is 28.3 Å². The Morgan fingerprint density at radius 3 is 3.00 bits per heavy atom. The first-order chi connectivity index (χ1) is 15.1. The number of ether oxygens (including phenoxy) is 1. The van der Waals surface area contributed by atoms with Crippen LogP contribution >= 0.6 is 11.3 Å². The molecular weight excluding hydrogens is 416 g/mol. The van der Waals surface area contributed by atoms with E-state index in [9.17, 15) is 14.9 Å². The monoisotopic (exact) mass is 436 g/mol. The molecule has 0 aliphatic carbocycles. The molecule has 3 aromatic rings. The molecule has 4 rings (SSSR count). The van der Waals surface area contributed by atoms with E-state index >= 15 is 0 Å². The first-order valence-corrected chi connectivity index (χ1v) is 10.6. The largest absolute Gasteiger partial charge is 0.469 e. The molecule has 158 valence electrons. The predicted molar refractivity (Wildman–Crippen MR) is 113 cm³/mol. The maximum absolute atomic E-state index is 12.5. The first-order valence-electron chi connectivity index (χ1n) is 9.81. The van der Waals surface area contributed by atoms with E-state index < -0.39 is 6.09 Å². The molecule has 0 bridgehead atoms. The topological polar surface area (TPSA) is 108 Å². The van der Waals surface area contributed by atoms with Gasteiger partial charge >= 0.3 is 6.09 Å². The fourth-order valence-corrected chi connectivity index (χ4v) is 4.60. The van der Waals surface area contributed by atoms with Crippen LogP contribution in [-0.4, -0.2) is 28.4 Å². The molecule has 4 heterocycles. The van der Waals surface area contributed by atoms with Crippen molar-refractivity contribution in [3.05, 3.63) is 70.3 Å². The van der Waals surface area contributed by atoms with Crippen molar-refractivity contribution < 1.29 is 18.7 Å². The van der Waals surface area contributed by atoms with Crippen molar-refractivity contribution in [2.45, 2.75) is 32.4 Å². The molecule has 8 nitrogen and oxygen atoms in total. The minimum atomic E-state index is -0.412. The van der Waals surface area contributed by atoms with Gasteiger partial charge in [-0.05, 0) is 30.2 Å². The van der Waals surface area contributed by atoms with Crippen LogP contribution in [0.5, 0.6) is 0 Å². The van der Waals surface area contributed by atoms with E-state index in [2.05, 4.69) is 16.4 Å². The van der Waals surface area contributed by atoms with E-state index in [0.717, 1.165) is 21.8 Å². The molecular formula is C22H20N4O4S. The number of nitrogens with zero attached hydrogens (tertiary/aromatic N) is 3. The van der Waals surface area contributed by atoms with Crippen LogP contribution in [0.15, 0.2) is 47.3 Å². The average molecular weight is 436 g/mol. The van der Waals surface area contributed by atoms with Gasteiger partial charge in [0.05, 0.1) is 18.4 Å². The number of amides is 2. The summed E-state index contributed by atoms with van der Waals surface area (Å²) < 4.78 is 10.6. The van der Waals surface area contributed by atoms with Crippen LogP contribution in [0.2, 0.25) is 0 Å². The van der Waals surface area contributed by atoms with Crippen LogP contribution in [-0.2, 0) is 35.5 Å². The molecule has 0 radical (unpaired) electrons. The number of nitriles is 1. The SMILES string of the molecule is N#Cc1c(NC(=O)CCc2ccco2)sc2c1CCN(C(=O)OCc1cccnc1)C2. The third-order valence-electron chi connectivity index (χ3n) is 4.94. The van der Waals surface area contributed by atoms with Crippen molar-refractivity contribution in [1.82, 2.24) is 9.88 Å². The summed E-state index contributed by atoms with van der Waals surface area (Å²) in [5, 5.41) is 13.0. The zero-order chi connectivity index (χ0) is 21.6. The molecule has 0 unspecified atom stereocenters. The van der Waals surface area contributed by atoms with Gasteiger partial charge in [0.25, 0.3) is 0 Å². The van der Waals surface area contributed by atoms with Crippen LogP contribution in [0.25, 0.3) is 0 Å². The van der Waals surface area contributed by atoms with Crippen molar-refractivity contribution in [2.24, 2.45) is 0 Å². The highest BCUT2D eigenvalue weighted by atomic mass is 32.1. The van der Waals surface area contributed by atoms with Crippen LogP contribution in [0.4, 0.5) is 9.80 Å². The number of furan rings is 1. The average Bonchev–Trinajstić information content (AvgIpc) is 3.43. The molecule has 0 saturated carbocycles. The van der Waals surface area contributed by atoms with Gasteiger partial charge in [-0.25, -0.2) is 4.79 Å². The molecule has 31 heavy (non-hydrogen) atoms. The second-order valence-corrected chi connectivity index (χ2v) is 8.14. The maximum Gasteiger partial charge on any atom is 0.410 e. The number of carbonyl (C=O) groups excluding carboxylic acids is 2. The lowest BCUT2D eigenvalue weighted by atomic mass is 10.0. The third-order valence-corrected chi connectivity index (χ3v) is 6.08. The summed E-state index contributed by atoms with van der Waals surface area (Å²) in [5.74, 6) is 0.556. The van der Waals surface area contributed by atoms with Gasteiger partial charge in [-0.15, -0.1) is 11.3 Å². The number of thiophene rings is 1. The second kappa shape index (κ2) is 9.45. The highest BCUT2D eigenvalue weighted by Crippen LogP contribution is 2.37. The van der Waals surface area contributed by atoms with Crippen molar-refractivity contribution in [2.75, 3.05) is 11.9 Å². The summed E-state index contributed by atoms with van der Waals surface area (Å²) in [7, 11) is 0. The Morgan fingerprint density at radius 1 is 1.35 bits per heavy atom. The minimum Gasteiger partial charge on any atom is -0.469 e. The number of fused-ring (bicyclic) bond motifs is 1. The molecule has 0 aromatic carbocycles. The van der Waals surface area contributed by atoms with E-state index in [4.69, 9.17) is 9.15 Å². The van der Waals surface area contributed by atoms with Gasteiger partial charge in [0, 0.05) is 42.2 Å². The molecule has 3 aromatic heterocycles. The van der Waals surface area contributed by atoms with Gasteiger partial charge < -0.3 is 19.4 Å². The van der Waals surface area contributed by atoms with Gasteiger partial charge in [0.15, 0.2) is 0 Å². The number of aromatic nitrogens is 1. The number of anilines is 1. The molecule has 0 saturated heterocycles. The molecule has 9 heteroatoms. The predicted octanol–water partition coefficient (Wildman–Crippen LogP) is 3.87. The summed E-state index contributed by atoms with van der Waals surface area (Å²) >= 11 is 1.34. The standard InChI is InChI=1S/C22H20N4O4S/c23-11-18-17-7-9-26(22(28)30-14-15-3-1-8-24-12-15)13-19(17)31-21(18)25-20(27)6-5-16-4-2-10-29-16/h1-4,8,10,12H,5-7,9,13-14H2,(H,25,27). The minimum absolute atomic E-state index is 0.154. The fraction of sp³-hybridized carbons (Fsp3) is 0.273. The molecule has 0 fully saturated rings. The molecule has 1 aliphatic heterocycles. The van der Waals surface area contributed by atoms with E-state index in [1.54, 1.807) is 35.7 Å². The lowest BCUT2D eigenvalue weighted by molar-refractivity contribution is -0.116. The van der Waals surface area contributed by atoms with Gasteiger partial charge in [-0.3, -0.25) is 9.78 Å². The van der Waals surface area contributed by atoms with E-state index in [1.807, 2.05) is 12.1 Å². The highest BCUT2D eigenvalue weighted by molar-refractivity contribution is 7.16. The van der Waals surface area contributed by atoms with Crippen molar-refractivity contribution in [3.63, 3.8) is 0 Å². The molecule has 0 spiro atoms. The number of carbonyl (C=O) groups is 2. The third kappa shape index (κ3) is 4.92. The molecule has 1 N–H and O–H groups in total. The van der Waals surface area contributed by atoms with Gasteiger partial charge in [-0.2, -0.15) is 5.26 Å². The number of pyridine rings is 1. The zero-order valence-electron chi connectivity index (χ0n) is 16.7. The molecule has 1 aliphatic rings. The number of hydrogen-bond donors (Lipinski definition) is 1. The second-order valence-electron chi connectivity index (χ2n) is 7.03. The molecule has 0 atom stereocenters. The number of hydrogen-bond acceptors (Lipinski definition) is 7. The van der Waals surface area contributed by atoms with Gasteiger partial charge in [-0.1, -0.05) is 6.07 Å². The van der Waals surface area contributed by atoms with E-state index in [0.29, 0.717) is 36.5 Å². The Labute approximate surface area is 183 Å². The van der Waals surface area contributed by atoms with Crippen LogP contribution < -0.4 is 5.32 Å². The normalized spacial score (nSPS) is 12.7. The Hall–Kier alpha value is -3.64. The Bertz CT molecular complexity index is 1100. The first kappa shape index (κ1) is 20.6. The summed E-state index contributed by atoms with van der Waals surface area (Å²) in [6.45, 7) is 0.958. The van der Waals surface area contributed by atoms with Crippen LogP contribution in [0.3, 0.4) is 0 Å². The molecule has 2 amide bonds. The van der Waals surface area contributed by atoms with E-state index in [-0.39, 0.29) is 18.9 Å².